The molecule has 0 radical (unpaired) electrons. The standard InChI is InChI=1S/C5H5ClN2S.Na/c6-4-3(9)1-2-8-5(4)7;/h1-2H,(H3,7,8,9);/q;+1/p-1/i2D;. The molecule has 1 heterocycles. The third-order valence-electron chi connectivity index (χ3n) is 0.822. The minimum absolute atomic E-state index is 0. The van der Waals surface area contributed by atoms with E-state index in [2.05, 4.69) is 4.98 Å². The molecule has 10 heavy (non-hydrogen) atoms. The van der Waals surface area contributed by atoms with Gasteiger partial charge in [0.25, 0.3) is 0 Å². The fraction of sp³-hybridized carbons (Fsp3) is 0. The molecular formula is C5H4ClN2NaS. The molecule has 1 aromatic rings. The first-order valence-electron chi connectivity index (χ1n) is 2.71. The van der Waals surface area contributed by atoms with E-state index in [-0.39, 0.29) is 46.6 Å². The molecule has 0 saturated carbocycles. The summed E-state index contributed by atoms with van der Waals surface area (Å²) in [4.78, 5) is 3.95. The largest absolute Gasteiger partial charge is 1.00 e. The van der Waals surface area contributed by atoms with E-state index in [4.69, 9.17) is 31.3 Å². The zero-order valence-corrected chi connectivity index (χ0v) is 8.96. The third-order valence-corrected chi connectivity index (χ3v) is 1.65. The Labute approximate surface area is 93.3 Å². The van der Waals surface area contributed by atoms with E-state index in [1.807, 2.05) is 0 Å². The predicted octanol–water partition coefficient (Wildman–Crippen LogP) is -1.77. The molecular weight excluding hydrogens is 179 g/mol. The minimum atomic E-state index is 0. The molecule has 0 fully saturated rings. The van der Waals surface area contributed by atoms with Crippen molar-refractivity contribution in [2.45, 2.75) is 4.90 Å². The summed E-state index contributed by atoms with van der Waals surface area (Å²) < 4.78 is 7.06. The van der Waals surface area contributed by atoms with Gasteiger partial charge in [0.15, 0.2) is 0 Å². The second-order valence-electron chi connectivity index (χ2n) is 1.45. The fourth-order valence-electron chi connectivity index (χ4n) is 0.399. The molecule has 0 unspecified atom stereocenters. The van der Waals surface area contributed by atoms with Crippen LogP contribution in [0.5, 0.6) is 0 Å². The summed E-state index contributed by atoms with van der Waals surface area (Å²) in [5.74, 6) is 0.124. The third kappa shape index (κ3) is 2.25. The van der Waals surface area contributed by atoms with E-state index in [1.54, 1.807) is 0 Å². The number of hydrogen-bond donors (Lipinski definition) is 1. The number of halogens is 1. The summed E-state index contributed by atoms with van der Waals surface area (Å²) in [5, 5.41) is 0.256. The Kier molecular flexibility index (Phi) is 3.73. The van der Waals surface area contributed by atoms with Gasteiger partial charge in [-0.2, -0.15) is 4.90 Å². The minimum Gasteiger partial charge on any atom is -0.778 e. The second-order valence-corrected chi connectivity index (χ2v) is 2.27. The van der Waals surface area contributed by atoms with E-state index in [0.717, 1.165) is 0 Å². The monoisotopic (exact) mass is 183 g/mol. The molecule has 0 spiro atoms. The van der Waals surface area contributed by atoms with Crippen molar-refractivity contribution in [1.29, 1.82) is 0 Å². The van der Waals surface area contributed by atoms with Crippen molar-refractivity contribution in [3.05, 3.63) is 17.3 Å². The molecule has 0 saturated heterocycles. The maximum Gasteiger partial charge on any atom is 1.00 e. The first-order chi connectivity index (χ1) is 4.61. The van der Waals surface area contributed by atoms with Gasteiger partial charge < -0.3 is 18.4 Å². The average Bonchev–Trinajstić information content (AvgIpc) is 1.82. The zero-order valence-electron chi connectivity index (χ0n) is 6.39. The van der Waals surface area contributed by atoms with Crippen LogP contribution in [-0.4, -0.2) is 4.98 Å². The van der Waals surface area contributed by atoms with E-state index >= 15 is 0 Å². The SMILES string of the molecule is [2H]c1cc([S-])c(Cl)c(N)n1.[Na+]. The number of aromatic nitrogens is 1. The van der Waals surface area contributed by atoms with Crippen LogP contribution in [0.25, 0.3) is 0 Å². The van der Waals surface area contributed by atoms with Gasteiger partial charge >= 0.3 is 29.6 Å². The fourth-order valence-corrected chi connectivity index (χ4v) is 0.653. The van der Waals surface area contributed by atoms with Crippen LogP contribution in [0.3, 0.4) is 0 Å². The number of hydrogen-bond acceptors (Lipinski definition) is 3. The van der Waals surface area contributed by atoms with Crippen molar-refractivity contribution in [3.8, 4) is 0 Å². The first-order valence-corrected chi connectivity index (χ1v) is 2.99. The average molecular weight is 184 g/mol. The maximum atomic E-state index is 7.06. The summed E-state index contributed by atoms with van der Waals surface area (Å²) in [7, 11) is 0. The van der Waals surface area contributed by atoms with Gasteiger partial charge in [0.1, 0.15) is 5.82 Å². The van der Waals surface area contributed by atoms with Gasteiger partial charge in [-0.15, -0.1) is 0 Å². The Bertz CT molecular complexity index is 248. The van der Waals surface area contributed by atoms with E-state index < -0.39 is 0 Å². The Morgan fingerprint density at radius 2 is 2.40 bits per heavy atom. The van der Waals surface area contributed by atoms with E-state index in [0.29, 0.717) is 4.90 Å². The molecule has 1 aromatic heterocycles. The van der Waals surface area contributed by atoms with Crippen molar-refractivity contribution in [2.24, 2.45) is 0 Å². The Hall–Kier alpha value is 0.460. The molecule has 1 rings (SSSR count). The molecule has 0 atom stereocenters. The number of pyridine rings is 1. The number of nitrogens with zero attached hydrogens (tertiary/aromatic N) is 1. The Morgan fingerprint density at radius 1 is 1.80 bits per heavy atom. The van der Waals surface area contributed by atoms with Crippen LogP contribution in [0.2, 0.25) is 5.02 Å². The van der Waals surface area contributed by atoms with Crippen molar-refractivity contribution in [2.75, 3.05) is 5.73 Å². The molecule has 0 bridgehead atoms. The molecule has 0 aliphatic carbocycles. The molecule has 2 nitrogen and oxygen atoms in total. The molecule has 2 N–H and O–H groups in total. The second kappa shape index (κ2) is 4.36. The van der Waals surface area contributed by atoms with Crippen LogP contribution in [0, 0.1) is 0 Å². The van der Waals surface area contributed by atoms with Gasteiger partial charge in [-0.3, -0.25) is 0 Å². The van der Waals surface area contributed by atoms with Crippen LogP contribution in [0.1, 0.15) is 1.37 Å². The van der Waals surface area contributed by atoms with Crippen molar-refractivity contribution in [1.82, 2.24) is 4.98 Å². The molecule has 0 aromatic carbocycles. The van der Waals surface area contributed by atoms with Crippen LogP contribution >= 0.6 is 11.6 Å². The summed E-state index contributed by atoms with van der Waals surface area (Å²) in [6.07, 6.45) is 0.0481. The van der Waals surface area contributed by atoms with Crippen molar-refractivity contribution < 1.29 is 30.9 Å². The quantitative estimate of drug-likeness (QED) is 0.382. The summed E-state index contributed by atoms with van der Waals surface area (Å²) >= 11 is 10.3. The summed E-state index contributed by atoms with van der Waals surface area (Å²) in [5.41, 5.74) is 5.29. The van der Waals surface area contributed by atoms with Crippen LogP contribution in [0.4, 0.5) is 5.82 Å². The Morgan fingerprint density at radius 3 is 2.90 bits per heavy atom. The molecule has 0 aliphatic rings. The smallest absolute Gasteiger partial charge is 0.778 e. The summed E-state index contributed by atoms with van der Waals surface area (Å²) in [6, 6.07) is 1.38. The van der Waals surface area contributed by atoms with Gasteiger partial charge in [0.05, 0.1) is 6.39 Å². The topological polar surface area (TPSA) is 38.9 Å². The van der Waals surface area contributed by atoms with Crippen LogP contribution in [0.15, 0.2) is 17.1 Å². The van der Waals surface area contributed by atoms with Gasteiger partial charge in [0.2, 0.25) is 0 Å². The molecule has 5 heteroatoms. The molecule has 48 valence electrons. The Balaban J connectivity index is 0.000001000. The van der Waals surface area contributed by atoms with Crippen LogP contribution < -0.4 is 35.3 Å². The summed E-state index contributed by atoms with van der Waals surface area (Å²) in [6.45, 7) is 0. The maximum absolute atomic E-state index is 7.06. The van der Waals surface area contributed by atoms with Gasteiger partial charge in [0, 0.05) is 6.17 Å². The number of nitrogens with two attached hydrogens (primary N) is 1. The van der Waals surface area contributed by atoms with Crippen molar-refractivity contribution >= 4 is 30.0 Å². The normalized spacial score (nSPS) is 9.90. The molecule has 0 aliphatic heterocycles. The van der Waals surface area contributed by atoms with Crippen LogP contribution in [-0.2, 0) is 12.6 Å². The first kappa shape index (κ1) is 8.56. The number of nitrogen functional groups attached to an aromatic ring is 1. The zero-order chi connectivity index (χ0) is 7.72. The number of anilines is 1. The van der Waals surface area contributed by atoms with Gasteiger partial charge in [-0.05, 0) is 0 Å². The predicted molar refractivity (Wildman–Crippen MR) is 39.3 cm³/mol. The van der Waals surface area contributed by atoms with Gasteiger partial charge in [-0.25, -0.2) is 4.98 Å². The van der Waals surface area contributed by atoms with E-state index in [1.165, 1.54) is 6.07 Å². The molecule has 0 amide bonds. The van der Waals surface area contributed by atoms with E-state index in [9.17, 15) is 0 Å². The van der Waals surface area contributed by atoms with Crippen molar-refractivity contribution in [3.63, 3.8) is 0 Å². The van der Waals surface area contributed by atoms with Gasteiger partial charge in [-0.1, -0.05) is 17.7 Å². The number of rotatable bonds is 0.